The minimum absolute atomic E-state index is 0. The maximum absolute atomic E-state index is 9.84. The minimum atomic E-state index is -1.38. The highest BCUT2D eigenvalue weighted by Gasteiger charge is 2.39. The van der Waals surface area contributed by atoms with E-state index >= 15 is 0 Å². The summed E-state index contributed by atoms with van der Waals surface area (Å²) in [4.78, 5) is 11.0. The monoisotopic (exact) mass is 702 g/mol. The Balaban J connectivity index is 0.00000349. The molecule has 1 aliphatic rings. The van der Waals surface area contributed by atoms with Crippen molar-refractivity contribution in [3.05, 3.63) is 170 Å². The first kappa shape index (κ1) is 29.8. The highest BCUT2D eigenvalue weighted by molar-refractivity contribution is 7.75. The molecule has 0 N–H and O–H groups in total. The first-order valence-electron chi connectivity index (χ1n) is 17.6. The van der Waals surface area contributed by atoms with E-state index in [1.54, 1.807) is 0 Å². The van der Waals surface area contributed by atoms with E-state index in [9.17, 15) is 1.37 Å². The molecule has 1 aliphatic heterocycles. The number of nitrogens with zero attached hydrogens (tertiary/aromatic N) is 3. The third kappa shape index (κ3) is 4.48. The Morgan fingerprint density at radius 2 is 1.19 bits per heavy atom. The number of hydrogen-bond donors (Lipinski definition) is 0. The molecule has 0 bridgehead atoms. The van der Waals surface area contributed by atoms with Crippen molar-refractivity contribution in [1.29, 1.82) is 0 Å². The van der Waals surface area contributed by atoms with Crippen LogP contribution in [0.25, 0.3) is 75.0 Å². The first-order valence-corrected chi connectivity index (χ1v) is 19.2. The number of aromatic nitrogens is 2. The lowest BCUT2D eigenvalue weighted by Gasteiger charge is -2.40. The van der Waals surface area contributed by atoms with Crippen LogP contribution in [0.2, 0.25) is 0 Å². The van der Waals surface area contributed by atoms with E-state index < -0.39 is 8.07 Å². The Morgan fingerprint density at radius 3 is 2.00 bits per heavy atom. The Hall–Kier alpha value is -5.93. The van der Waals surface area contributed by atoms with Gasteiger partial charge in [-0.3, -0.25) is 4.67 Å². The predicted octanol–water partition coefficient (Wildman–Crippen LogP) is 12.8. The second-order valence-electron chi connectivity index (χ2n) is 12.9. The molecule has 8 aromatic carbocycles. The number of fused-ring (bicyclic) bond motifs is 13. The lowest BCUT2D eigenvalue weighted by Crippen LogP contribution is -2.31. The quantitative estimate of drug-likeness (QED) is 0.172. The smallest absolute Gasteiger partial charge is 0.235 e. The number of rotatable bonds is 3. The van der Waals surface area contributed by atoms with Crippen LogP contribution in [0, 0.1) is 0 Å². The summed E-state index contributed by atoms with van der Waals surface area (Å²) < 4.78 is 14.8. The fourth-order valence-corrected chi connectivity index (χ4v) is 11.6. The van der Waals surface area contributed by atoms with E-state index in [-0.39, 0.29) is 7.43 Å². The highest BCUT2D eigenvalue weighted by Crippen LogP contribution is 2.62. The fourth-order valence-electron chi connectivity index (χ4n) is 7.88. The zero-order valence-corrected chi connectivity index (χ0v) is 29.0. The van der Waals surface area contributed by atoms with Crippen LogP contribution in [0.3, 0.4) is 0 Å². The molecule has 0 spiro atoms. The van der Waals surface area contributed by atoms with Gasteiger partial charge in [-0.05, 0) is 28.3 Å². The van der Waals surface area contributed by atoms with Crippen LogP contribution >= 0.6 is 19.4 Å². The molecule has 0 saturated heterocycles. The van der Waals surface area contributed by atoms with Crippen LogP contribution in [0.15, 0.2) is 170 Å². The van der Waals surface area contributed by atoms with Gasteiger partial charge in [0.25, 0.3) is 0 Å². The molecule has 0 radical (unpaired) electrons. The number of hydrogen-bond acceptors (Lipinski definition) is 4. The van der Waals surface area contributed by atoms with Crippen LogP contribution in [-0.4, -0.2) is 9.97 Å². The van der Waals surface area contributed by atoms with Crippen LogP contribution in [0.5, 0.6) is 0 Å². The Kier molecular flexibility index (Phi) is 6.92. The molecule has 3 heterocycles. The second kappa shape index (κ2) is 12.1. The molecule has 3 nitrogen and oxygen atoms in total. The van der Waals surface area contributed by atoms with Gasteiger partial charge in [-0.2, -0.15) is 0 Å². The van der Waals surface area contributed by atoms with Gasteiger partial charge in [0, 0.05) is 58.2 Å². The molecule has 2 aromatic heterocycles. The third-order valence-corrected chi connectivity index (χ3v) is 13.6. The Labute approximate surface area is 308 Å². The van der Waals surface area contributed by atoms with Crippen molar-refractivity contribution in [2.45, 2.75) is 7.43 Å². The largest absolute Gasteiger partial charge is 0.279 e. The fraction of sp³-hybridized carbons (Fsp3) is 0.0213. The van der Waals surface area contributed by atoms with Gasteiger partial charge >= 0.3 is 0 Å². The summed E-state index contributed by atoms with van der Waals surface area (Å²) in [6.07, 6.45) is 0. The van der Waals surface area contributed by atoms with Crippen LogP contribution < -0.4 is 15.3 Å². The molecule has 1 atom stereocenters. The van der Waals surface area contributed by atoms with Crippen molar-refractivity contribution < 1.29 is 1.37 Å². The zero-order chi connectivity index (χ0) is 34.3. The molecular weight excluding hydrogens is 670 g/mol. The average molecular weight is 703 g/mol. The van der Waals surface area contributed by atoms with Gasteiger partial charge in [0.1, 0.15) is 0 Å². The molecule has 11 rings (SSSR count). The molecule has 0 amide bonds. The summed E-state index contributed by atoms with van der Waals surface area (Å²) in [5.41, 5.74) is 6.22. The third-order valence-electron chi connectivity index (χ3n) is 10.0. The minimum Gasteiger partial charge on any atom is -0.279 e. The van der Waals surface area contributed by atoms with Crippen LogP contribution in [0.1, 0.15) is 8.80 Å². The van der Waals surface area contributed by atoms with E-state index in [2.05, 4.69) is 156 Å². The van der Waals surface area contributed by atoms with Gasteiger partial charge in [-0.25, -0.2) is 9.97 Å². The maximum atomic E-state index is 9.84. The van der Waals surface area contributed by atoms with Crippen LogP contribution in [-0.2, 0) is 0 Å². The van der Waals surface area contributed by atoms with Crippen molar-refractivity contribution in [3.8, 4) is 22.4 Å². The van der Waals surface area contributed by atoms with Crippen molar-refractivity contribution in [3.63, 3.8) is 0 Å². The summed E-state index contributed by atoms with van der Waals surface area (Å²) in [6.45, 7) is 0. The molecule has 52 heavy (non-hydrogen) atoms. The summed E-state index contributed by atoms with van der Waals surface area (Å²) in [7, 11) is -1.38. The molecule has 246 valence electrons. The molecule has 0 saturated carbocycles. The summed E-state index contributed by atoms with van der Waals surface area (Å²) in [6, 6.07) is 58.2. The standard InChI is InChI=1S/C46H28N3PS.CH4/c1-3-16-30(17-4-1)43-35-23-11-13-25-37(35)47-46(48-43)49-44-41(33-21-9-10-22-34(33)45-42(44)36-24-12-14-26-39(36)51-45)40-32-20-8-7-15-29(32)27-28-38(40)50(49)31-18-5-2-6-19-31;/h1-28H;1H4/i28D;. The number of thiophene rings is 1. The first-order chi connectivity index (χ1) is 25.7. The van der Waals surface area contributed by atoms with E-state index in [1.165, 1.54) is 30.9 Å². The van der Waals surface area contributed by atoms with Gasteiger partial charge in [0.2, 0.25) is 5.95 Å². The number of anilines is 2. The molecule has 0 aliphatic carbocycles. The maximum Gasteiger partial charge on any atom is 0.235 e. The molecule has 1 unspecified atom stereocenters. The molecule has 5 heteroatoms. The lowest BCUT2D eigenvalue weighted by atomic mass is 9.90. The van der Waals surface area contributed by atoms with Gasteiger partial charge in [-0.15, -0.1) is 11.3 Å². The van der Waals surface area contributed by atoms with E-state index in [0.29, 0.717) is 12.0 Å². The Morgan fingerprint density at radius 1 is 0.558 bits per heavy atom. The van der Waals surface area contributed by atoms with Crippen molar-refractivity contribution in [2.24, 2.45) is 0 Å². The summed E-state index contributed by atoms with van der Waals surface area (Å²) in [5.74, 6) is 0.638. The van der Waals surface area contributed by atoms with Gasteiger partial charge in [-0.1, -0.05) is 165 Å². The SMILES string of the molecule is C.[2H]c1cc2ccccc2c2c1P(c1ccccc1)N(c1nc(-c3ccccc3)c3ccccc3n1)c1c-2c2ccccc2c2sc3ccccc3c12. The Bertz CT molecular complexity index is 3050. The van der Waals surface area contributed by atoms with Gasteiger partial charge < -0.3 is 0 Å². The van der Waals surface area contributed by atoms with Gasteiger partial charge in [0.15, 0.2) is 0 Å². The van der Waals surface area contributed by atoms with Gasteiger partial charge in [0.05, 0.1) is 26.3 Å². The summed E-state index contributed by atoms with van der Waals surface area (Å²) in [5, 5.41) is 10.2. The van der Waals surface area contributed by atoms with E-state index in [0.717, 1.165) is 60.4 Å². The summed E-state index contributed by atoms with van der Waals surface area (Å²) >= 11 is 1.85. The van der Waals surface area contributed by atoms with E-state index in [4.69, 9.17) is 9.97 Å². The van der Waals surface area contributed by atoms with E-state index in [1.807, 2.05) is 23.5 Å². The second-order valence-corrected chi connectivity index (χ2v) is 15.9. The number of para-hydroxylation sites is 1. The molecule has 0 fully saturated rings. The van der Waals surface area contributed by atoms with Crippen molar-refractivity contribution in [1.82, 2.24) is 9.97 Å². The molecular formula is C47H32N3PS. The lowest BCUT2D eigenvalue weighted by molar-refractivity contribution is 1.17. The zero-order valence-electron chi connectivity index (χ0n) is 28.3. The average Bonchev–Trinajstić information content (AvgIpc) is 3.60. The number of benzene rings is 8. The van der Waals surface area contributed by atoms with Crippen LogP contribution in [0.4, 0.5) is 11.6 Å². The molecule has 10 aromatic rings. The highest BCUT2D eigenvalue weighted by atomic mass is 32.1. The predicted molar refractivity (Wildman–Crippen MR) is 226 cm³/mol. The normalized spacial score (nSPS) is 14.0. The topological polar surface area (TPSA) is 29.0 Å². The van der Waals surface area contributed by atoms with Crippen molar-refractivity contribution in [2.75, 3.05) is 4.67 Å². The van der Waals surface area contributed by atoms with Crippen molar-refractivity contribution >= 4 is 94.3 Å².